The minimum Gasteiger partial charge on any atom is -0.494 e. The van der Waals surface area contributed by atoms with E-state index in [1.165, 1.54) is 0 Å². The number of amides is 1. The highest BCUT2D eigenvalue weighted by Crippen LogP contribution is 2.22. The van der Waals surface area contributed by atoms with Gasteiger partial charge in [-0.25, -0.2) is 0 Å². The van der Waals surface area contributed by atoms with Gasteiger partial charge in [-0.15, -0.1) is 0 Å². The molecule has 1 fully saturated rings. The Morgan fingerprint density at radius 3 is 2.75 bits per heavy atom. The van der Waals surface area contributed by atoms with Crippen LogP contribution in [0.2, 0.25) is 0 Å². The Labute approximate surface area is 121 Å². The summed E-state index contributed by atoms with van der Waals surface area (Å²) in [5.41, 5.74) is 1.06. The molecule has 1 heterocycles. The second-order valence-electron chi connectivity index (χ2n) is 5.44. The first-order valence-electron chi connectivity index (χ1n) is 7.29. The Kier molecular flexibility index (Phi) is 5.01. The van der Waals surface area contributed by atoms with Crippen LogP contribution >= 0.6 is 0 Å². The van der Waals surface area contributed by atoms with Crippen LogP contribution in [0.25, 0.3) is 0 Å². The average Bonchev–Trinajstić information content (AvgIpc) is 2.38. The number of carbonyl (C=O) groups is 1. The molecule has 20 heavy (non-hydrogen) atoms. The standard InChI is InChI=1S/C16H24N2O2/c1-4-20-15-8-6-5-7-13(15)11-18(3)16(19)12(2)14-9-17-10-14/h5-8,12,14,17H,4,9-11H2,1-3H3. The maximum atomic E-state index is 12.4. The van der Waals surface area contributed by atoms with E-state index in [0.29, 0.717) is 19.1 Å². The zero-order valence-corrected chi connectivity index (χ0v) is 12.6. The average molecular weight is 276 g/mol. The Hall–Kier alpha value is -1.55. The van der Waals surface area contributed by atoms with Crippen molar-refractivity contribution in [3.05, 3.63) is 29.8 Å². The summed E-state index contributed by atoms with van der Waals surface area (Å²) < 4.78 is 5.61. The van der Waals surface area contributed by atoms with Gasteiger partial charge in [-0.05, 0) is 32.0 Å². The molecular weight excluding hydrogens is 252 g/mol. The van der Waals surface area contributed by atoms with Crippen molar-refractivity contribution in [1.82, 2.24) is 10.2 Å². The zero-order valence-electron chi connectivity index (χ0n) is 12.6. The van der Waals surface area contributed by atoms with Crippen molar-refractivity contribution in [1.29, 1.82) is 0 Å². The van der Waals surface area contributed by atoms with Gasteiger partial charge in [0.1, 0.15) is 5.75 Å². The van der Waals surface area contributed by atoms with E-state index >= 15 is 0 Å². The molecule has 4 nitrogen and oxygen atoms in total. The lowest BCUT2D eigenvalue weighted by molar-refractivity contribution is -0.136. The predicted octanol–water partition coefficient (Wildman–Crippen LogP) is 1.90. The van der Waals surface area contributed by atoms with Gasteiger partial charge < -0.3 is 15.0 Å². The lowest BCUT2D eigenvalue weighted by Gasteiger charge is -2.34. The van der Waals surface area contributed by atoms with E-state index in [9.17, 15) is 4.79 Å². The summed E-state index contributed by atoms with van der Waals surface area (Å²) >= 11 is 0. The molecule has 1 saturated heterocycles. The van der Waals surface area contributed by atoms with Crippen LogP contribution in [0.4, 0.5) is 0 Å². The van der Waals surface area contributed by atoms with Crippen molar-refractivity contribution >= 4 is 5.91 Å². The molecule has 110 valence electrons. The van der Waals surface area contributed by atoms with E-state index in [-0.39, 0.29) is 11.8 Å². The van der Waals surface area contributed by atoms with Gasteiger partial charge in [0, 0.05) is 25.1 Å². The molecule has 0 saturated carbocycles. The highest BCUT2D eigenvalue weighted by molar-refractivity contribution is 5.78. The van der Waals surface area contributed by atoms with Gasteiger partial charge in [0.2, 0.25) is 5.91 Å². The van der Waals surface area contributed by atoms with Gasteiger partial charge in [0.25, 0.3) is 0 Å². The second kappa shape index (κ2) is 6.75. The Morgan fingerprint density at radius 1 is 1.45 bits per heavy atom. The molecule has 1 aromatic carbocycles. The quantitative estimate of drug-likeness (QED) is 0.863. The van der Waals surface area contributed by atoms with Crippen molar-refractivity contribution in [3.63, 3.8) is 0 Å². The summed E-state index contributed by atoms with van der Waals surface area (Å²) in [5.74, 6) is 1.64. The van der Waals surface area contributed by atoms with Crippen molar-refractivity contribution in [3.8, 4) is 5.75 Å². The van der Waals surface area contributed by atoms with Gasteiger partial charge in [0.15, 0.2) is 0 Å². The summed E-state index contributed by atoms with van der Waals surface area (Å²) in [6, 6.07) is 7.91. The van der Waals surface area contributed by atoms with Crippen molar-refractivity contribution in [2.75, 3.05) is 26.7 Å². The van der Waals surface area contributed by atoms with Crippen LogP contribution in [0.3, 0.4) is 0 Å². The number of rotatable bonds is 6. The van der Waals surface area contributed by atoms with E-state index in [4.69, 9.17) is 4.74 Å². The Bertz CT molecular complexity index is 458. The number of benzene rings is 1. The third kappa shape index (κ3) is 3.31. The number of para-hydroxylation sites is 1. The number of hydrogen-bond acceptors (Lipinski definition) is 3. The molecule has 0 spiro atoms. The van der Waals surface area contributed by atoms with Gasteiger partial charge in [0.05, 0.1) is 6.61 Å². The molecule has 4 heteroatoms. The van der Waals surface area contributed by atoms with Crippen LogP contribution in [0.5, 0.6) is 5.75 Å². The molecule has 0 aromatic heterocycles. The molecule has 0 bridgehead atoms. The highest BCUT2D eigenvalue weighted by Gasteiger charge is 2.30. The van der Waals surface area contributed by atoms with Gasteiger partial charge in [-0.1, -0.05) is 25.1 Å². The number of carbonyl (C=O) groups excluding carboxylic acids is 1. The normalized spacial score (nSPS) is 16.4. The SMILES string of the molecule is CCOc1ccccc1CN(C)C(=O)C(C)C1CNC1. The third-order valence-electron chi connectivity index (χ3n) is 3.97. The molecule has 1 aromatic rings. The number of nitrogens with one attached hydrogen (secondary N) is 1. The summed E-state index contributed by atoms with van der Waals surface area (Å²) in [4.78, 5) is 14.2. The van der Waals surface area contributed by atoms with Crippen LogP contribution in [0.15, 0.2) is 24.3 Å². The fraction of sp³-hybridized carbons (Fsp3) is 0.562. The van der Waals surface area contributed by atoms with E-state index in [1.807, 2.05) is 45.2 Å². The minimum absolute atomic E-state index is 0.0838. The molecule has 1 atom stereocenters. The third-order valence-corrected chi connectivity index (χ3v) is 3.97. The topological polar surface area (TPSA) is 41.6 Å². The molecular formula is C16H24N2O2. The molecule has 0 radical (unpaired) electrons. The summed E-state index contributed by atoms with van der Waals surface area (Å²) in [6.07, 6.45) is 0. The number of hydrogen-bond donors (Lipinski definition) is 1. The number of ether oxygens (including phenoxy) is 1. The van der Waals surface area contributed by atoms with E-state index < -0.39 is 0 Å². The minimum atomic E-state index is 0.0838. The van der Waals surface area contributed by atoms with Crippen molar-refractivity contribution < 1.29 is 9.53 Å². The lowest BCUT2D eigenvalue weighted by atomic mass is 9.88. The first-order chi connectivity index (χ1) is 9.63. The Balaban J connectivity index is 1.99. The fourth-order valence-electron chi connectivity index (χ4n) is 2.48. The lowest BCUT2D eigenvalue weighted by Crippen LogP contribution is -2.49. The largest absolute Gasteiger partial charge is 0.494 e. The molecule has 1 aliphatic rings. The van der Waals surface area contributed by atoms with E-state index in [2.05, 4.69) is 5.32 Å². The van der Waals surface area contributed by atoms with Crippen LogP contribution in [0.1, 0.15) is 19.4 Å². The van der Waals surface area contributed by atoms with Crippen LogP contribution in [-0.4, -0.2) is 37.6 Å². The van der Waals surface area contributed by atoms with E-state index in [1.54, 1.807) is 4.90 Å². The van der Waals surface area contributed by atoms with Crippen molar-refractivity contribution in [2.24, 2.45) is 11.8 Å². The predicted molar refractivity (Wildman–Crippen MR) is 79.6 cm³/mol. The van der Waals surface area contributed by atoms with Gasteiger partial charge in [-0.3, -0.25) is 4.79 Å². The maximum absolute atomic E-state index is 12.4. The first kappa shape index (κ1) is 14.9. The van der Waals surface area contributed by atoms with Gasteiger partial charge in [-0.2, -0.15) is 0 Å². The van der Waals surface area contributed by atoms with Crippen molar-refractivity contribution in [2.45, 2.75) is 20.4 Å². The molecule has 1 amide bonds. The van der Waals surface area contributed by atoms with Crippen LogP contribution in [0, 0.1) is 11.8 Å². The van der Waals surface area contributed by atoms with Gasteiger partial charge >= 0.3 is 0 Å². The van der Waals surface area contributed by atoms with E-state index in [0.717, 1.165) is 24.4 Å². The monoisotopic (exact) mass is 276 g/mol. The maximum Gasteiger partial charge on any atom is 0.225 e. The fourth-order valence-corrected chi connectivity index (χ4v) is 2.48. The highest BCUT2D eigenvalue weighted by atomic mass is 16.5. The summed E-state index contributed by atoms with van der Waals surface area (Å²) in [5, 5.41) is 3.22. The smallest absolute Gasteiger partial charge is 0.225 e. The summed E-state index contributed by atoms with van der Waals surface area (Å²) in [7, 11) is 1.87. The molecule has 1 N–H and O–H groups in total. The molecule has 0 aliphatic carbocycles. The van der Waals surface area contributed by atoms with Crippen LogP contribution < -0.4 is 10.1 Å². The molecule has 1 aliphatic heterocycles. The molecule has 1 unspecified atom stereocenters. The van der Waals surface area contributed by atoms with Crippen LogP contribution in [-0.2, 0) is 11.3 Å². The molecule has 2 rings (SSSR count). The first-order valence-corrected chi connectivity index (χ1v) is 7.29. The Morgan fingerprint density at radius 2 is 2.15 bits per heavy atom. The zero-order chi connectivity index (χ0) is 14.5. The number of nitrogens with zero attached hydrogens (tertiary/aromatic N) is 1. The summed E-state index contributed by atoms with van der Waals surface area (Å²) in [6.45, 7) is 7.14. The second-order valence-corrected chi connectivity index (χ2v) is 5.44.